The van der Waals surface area contributed by atoms with Gasteiger partial charge in [0.2, 0.25) is 5.91 Å². The van der Waals surface area contributed by atoms with Gasteiger partial charge in [-0.1, -0.05) is 0 Å². The van der Waals surface area contributed by atoms with E-state index in [2.05, 4.69) is 10.6 Å². The number of carbonyl (C=O) groups excluding carboxylic acids is 2. The predicted octanol–water partition coefficient (Wildman–Crippen LogP) is 2.64. The Morgan fingerprint density at radius 2 is 1.54 bits per heavy atom. The molecule has 2 aromatic carbocycles. The van der Waals surface area contributed by atoms with E-state index < -0.39 is 23.6 Å². The van der Waals surface area contributed by atoms with Gasteiger partial charge in [-0.2, -0.15) is 13.2 Å². The topological polar surface area (TPSA) is 76.7 Å². The van der Waals surface area contributed by atoms with Crippen LogP contribution in [0.15, 0.2) is 48.5 Å². The van der Waals surface area contributed by atoms with Crippen LogP contribution < -0.4 is 20.1 Å². The maximum atomic E-state index is 12.5. The smallest absolute Gasteiger partial charge is 0.416 e. The summed E-state index contributed by atoms with van der Waals surface area (Å²) in [6, 6.07) is 10.7. The second-order valence-electron chi connectivity index (χ2n) is 5.63. The third-order valence-corrected chi connectivity index (χ3v) is 3.64. The third-order valence-electron chi connectivity index (χ3n) is 3.64. The molecule has 0 aliphatic rings. The van der Waals surface area contributed by atoms with E-state index in [-0.39, 0.29) is 25.3 Å². The second-order valence-corrected chi connectivity index (χ2v) is 5.63. The summed E-state index contributed by atoms with van der Waals surface area (Å²) in [4.78, 5) is 23.6. The van der Waals surface area contributed by atoms with Crippen molar-refractivity contribution in [3.63, 3.8) is 0 Å². The van der Waals surface area contributed by atoms with E-state index in [1.165, 1.54) is 0 Å². The van der Waals surface area contributed by atoms with Crippen molar-refractivity contribution in [1.82, 2.24) is 10.6 Å². The van der Waals surface area contributed by atoms with Gasteiger partial charge < -0.3 is 20.1 Å². The lowest BCUT2D eigenvalue weighted by Crippen LogP contribution is -2.38. The van der Waals surface area contributed by atoms with E-state index in [0.717, 1.165) is 24.3 Å². The Morgan fingerprint density at radius 3 is 2.11 bits per heavy atom. The van der Waals surface area contributed by atoms with Crippen LogP contribution in [0.5, 0.6) is 11.5 Å². The van der Waals surface area contributed by atoms with Crippen LogP contribution in [-0.2, 0) is 11.0 Å². The molecule has 0 spiro atoms. The average Bonchev–Trinajstić information content (AvgIpc) is 2.69. The molecule has 0 unspecified atom stereocenters. The zero-order valence-corrected chi connectivity index (χ0v) is 15.0. The van der Waals surface area contributed by atoms with Crippen molar-refractivity contribution < 1.29 is 32.2 Å². The fourth-order valence-corrected chi connectivity index (χ4v) is 2.17. The molecular weight excluding hydrogens is 377 g/mol. The fourth-order valence-electron chi connectivity index (χ4n) is 2.17. The maximum Gasteiger partial charge on any atom is 0.416 e. The quantitative estimate of drug-likeness (QED) is 0.673. The first-order valence-corrected chi connectivity index (χ1v) is 8.28. The molecule has 0 saturated carbocycles. The van der Waals surface area contributed by atoms with Crippen molar-refractivity contribution >= 4 is 11.8 Å². The van der Waals surface area contributed by atoms with Gasteiger partial charge >= 0.3 is 6.18 Å². The number of methoxy groups -OCH3 is 1. The van der Waals surface area contributed by atoms with E-state index in [0.29, 0.717) is 11.5 Å². The molecule has 0 aliphatic carbocycles. The molecule has 0 atom stereocenters. The van der Waals surface area contributed by atoms with E-state index in [9.17, 15) is 22.8 Å². The lowest BCUT2D eigenvalue weighted by Gasteiger charge is -2.10. The zero-order valence-electron chi connectivity index (χ0n) is 15.0. The van der Waals surface area contributed by atoms with Crippen LogP contribution in [0.1, 0.15) is 15.9 Å². The normalized spacial score (nSPS) is 10.9. The predicted molar refractivity (Wildman–Crippen MR) is 95.3 cm³/mol. The van der Waals surface area contributed by atoms with Crippen LogP contribution in [0.2, 0.25) is 0 Å². The molecule has 0 aliphatic heterocycles. The van der Waals surface area contributed by atoms with Crippen LogP contribution in [0.3, 0.4) is 0 Å². The molecule has 0 fully saturated rings. The SMILES string of the molecule is COc1ccc(OCCNC(=O)CNC(=O)c2ccc(C(F)(F)F)cc2)cc1. The molecule has 6 nitrogen and oxygen atoms in total. The van der Waals surface area contributed by atoms with E-state index in [1.807, 2.05) is 0 Å². The molecule has 9 heteroatoms. The van der Waals surface area contributed by atoms with Gasteiger partial charge in [0.15, 0.2) is 0 Å². The number of hydrogen-bond donors (Lipinski definition) is 2. The van der Waals surface area contributed by atoms with Gasteiger partial charge in [0.25, 0.3) is 5.91 Å². The molecule has 0 bridgehead atoms. The largest absolute Gasteiger partial charge is 0.497 e. The molecule has 150 valence electrons. The van der Waals surface area contributed by atoms with E-state index in [1.54, 1.807) is 31.4 Å². The highest BCUT2D eigenvalue weighted by atomic mass is 19.4. The standard InChI is InChI=1S/C19H19F3N2O4/c1-27-15-6-8-16(9-7-15)28-11-10-23-17(25)12-24-18(26)13-2-4-14(5-3-13)19(20,21)22/h2-9H,10-12H2,1H3,(H,23,25)(H,24,26). The zero-order chi connectivity index (χ0) is 20.6. The van der Waals surface area contributed by atoms with E-state index in [4.69, 9.17) is 9.47 Å². The Balaban J connectivity index is 1.68. The number of halogens is 3. The summed E-state index contributed by atoms with van der Waals surface area (Å²) in [6.07, 6.45) is -4.47. The van der Waals surface area contributed by atoms with Crippen LogP contribution in [0, 0.1) is 0 Å². The summed E-state index contributed by atoms with van der Waals surface area (Å²) in [7, 11) is 1.56. The van der Waals surface area contributed by atoms with Gasteiger partial charge in [-0.15, -0.1) is 0 Å². The summed E-state index contributed by atoms with van der Waals surface area (Å²) in [5, 5.41) is 4.90. The molecule has 2 aromatic rings. The lowest BCUT2D eigenvalue weighted by molar-refractivity contribution is -0.137. The van der Waals surface area contributed by atoms with Crippen molar-refractivity contribution in [2.75, 3.05) is 26.8 Å². The monoisotopic (exact) mass is 396 g/mol. The van der Waals surface area contributed by atoms with Crippen LogP contribution in [-0.4, -0.2) is 38.6 Å². The molecular formula is C19H19F3N2O4. The minimum Gasteiger partial charge on any atom is -0.497 e. The molecule has 0 heterocycles. The van der Waals surface area contributed by atoms with Crippen LogP contribution in [0.25, 0.3) is 0 Å². The van der Waals surface area contributed by atoms with E-state index >= 15 is 0 Å². The van der Waals surface area contributed by atoms with Crippen molar-refractivity contribution in [3.05, 3.63) is 59.7 Å². The highest BCUT2D eigenvalue weighted by Crippen LogP contribution is 2.29. The number of carbonyl (C=O) groups is 2. The highest BCUT2D eigenvalue weighted by molar-refractivity contribution is 5.96. The summed E-state index contributed by atoms with van der Waals surface area (Å²) in [6.45, 7) is 0.147. The summed E-state index contributed by atoms with van der Waals surface area (Å²) in [5.74, 6) is 0.229. The molecule has 28 heavy (non-hydrogen) atoms. The minimum atomic E-state index is -4.47. The van der Waals surface area contributed by atoms with Gasteiger partial charge in [0, 0.05) is 5.56 Å². The van der Waals surface area contributed by atoms with Gasteiger partial charge in [-0.05, 0) is 48.5 Å². The van der Waals surface area contributed by atoms with Gasteiger partial charge in [-0.3, -0.25) is 9.59 Å². The number of ether oxygens (including phenoxy) is 2. The first-order valence-electron chi connectivity index (χ1n) is 8.28. The molecule has 2 rings (SSSR count). The number of nitrogens with one attached hydrogen (secondary N) is 2. The molecule has 2 amide bonds. The Bertz CT molecular complexity index is 790. The van der Waals surface area contributed by atoms with Gasteiger partial charge in [0.1, 0.15) is 18.1 Å². The first-order chi connectivity index (χ1) is 13.3. The average molecular weight is 396 g/mol. The molecule has 0 radical (unpaired) electrons. The Labute approximate surface area is 159 Å². The second kappa shape index (κ2) is 9.63. The number of benzene rings is 2. The number of amides is 2. The first kappa shape index (κ1) is 21.1. The summed E-state index contributed by atoms with van der Waals surface area (Å²) < 4.78 is 48.0. The molecule has 0 saturated heterocycles. The van der Waals surface area contributed by atoms with Crippen molar-refractivity contribution in [1.29, 1.82) is 0 Å². The van der Waals surface area contributed by atoms with Gasteiger partial charge in [0.05, 0.1) is 25.8 Å². The molecule has 2 N–H and O–H groups in total. The number of hydrogen-bond acceptors (Lipinski definition) is 4. The van der Waals surface area contributed by atoms with Crippen molar-refractivity contribution in [2.24, 2.45) is 0 Å². The van der Waals surface area contributed by atoms with Crippen molar-refractivity contribution in [2.45, 2.75) is 6.18 Å². The van der Waals surface area contributed by atoms with Crippen LogP contribution in [0.4, 0.5) is 13.2 Å². The number of rotatable bonds is 8. The Kier molecular flexibility index (Phi) is 7.25. The minimum absolute atomic E-state index is 0.0311. The molecule has 0 aromatic heterocycles. The Morgan fingerprint density at radius 1 is 0.929 bits per heavy atom. The fraction of sp³-hybridized carbons (Fsp3) is 0.263. The maximum absolute atomic E-state index is 12.5. The van der Waals surface area contributed by atoms with Crippen molar-refractivity contribution in [3.8, 4) is 11.5 Å². The summed E-state index contributed by atoms with van der Waals surface area (Å²) in [5.41, 5.74) is -0.817. The van der Waals surface area contributed by atoms with Gasteiger partial charge in [-0.25, -0.2) is 0 Å². The highest BCUT2D eigenvalue weighted by Gasteiger charge is 2.30. The summed E-state index contributed by atoms with van der Waals surface area (Å²) >= 11 is 0. The van der Waals surface area contributed by atoms with Crippen LogP contribution >= 0.6 is 0 Å². The lowest BCUT2D eigenvalue weighted by atomic mass is 10.1. The third kappa shape index (κ3) is 6.49. The number of alkyl halides is 3. The Hall–Kier alpha value is -3.23.